The van der Waals surface area contributed by atoms with Gasteiger partial charge in [-0.05, 0) is 31.7 Å². The zero-order valence-corrected chi connectivity index (χ0v) is 13.7. The average molecular weight is 317 g/mol. The average Bonchev–Trinajstić information content (AvgIpc) is 2.68. The lowest BCUT2D eigenvalue weighted by molar-refractivity contribution is 0.0179. The van der Waals surface area contributed by atoms with Crippen LogP contribution < -0.4 is 0 Å². The van der Waals surface area contributed by atoms with Gasteiger partial charge in [0.2, 0.25) is 0 Å². The topological polar surface area (TPSA) is 43.8 Å². The van der Waals surface area contributed by atoms with Crippen molar-refractivity contribution in [2.24, 2.45) is 0 Å². The van der Waals surface area contributed by atoms with Crippen LogP contribution in [0.1, 0.15) is 29.1 Å². The third kappa shape index (κ3) is 3.73. The summed E-state index contributed by atoms with van der Waals surface area (Å²) in [6.07, 6.45) is 0. The first-order valence-corrected chi connectivity index (χ1v) is 8.01. The highest BCUT2D eigenvalue weighted by molar-refractivity contribution is 7.13. The second-order valence-corrected chi connectivity index (χ2v) is 7.20. The molecular weight excluding hydrogens is 296 g/mol. The molecule has 0 aliphatic carbocycles. The van der Waals surface area contributed by atoms with Crippen LogP contribution in [-0.2, 0) is 0 Å². The number of aryl methyl sites for hydroxylation is 1. The Morgan fingerprint density at radius 3 is 2.45 bits per heavy atom. The number of carbonyl (C=O) groups is 1. The molecule has 0 atom stereocenters. The Balaban J connectivity index is 1.94. The molecule has 2 rings (SSSR count). The molecule has 20 heavy (non-hydrogen) atoms. The highest BCUT2D eigenvalue weighted by atomic mass is 35.5. The van der Waals surface area contributed by atoms with E-state index in [0.29, 0.717) is 29.5 Å². The molecule has 2 heterocycles. The number of thiophene rings is 1. The van der Waals surface area contributed by atoms with E-state index in [2.05, 4.69) is 4.90 Å². The fraction of sp³-hybridized carbons (Fsp3) is 0.643. The molecule has 0 spiro atoms. The quantitative estimate of drug-likeness (QED) is 0.930. The summed E-state index contributed by atoms with van der Waals surface area (Å²) < 4.78 is 0. The van der Waals surface area contributed by atoms with Crippen LogP contribution in [0.15, 0.2) is 5.38 Å². The van der Waals surface area contributed by atoms with Gasteiger partial charge in [-0.2, -0.15) is 0 Å². The Hall–Kier alpha value is -0.620. The normalized spacial score (nSPS) is 17.6. The minimum Gasteiger partial charge on any atom is -0.389 e. The number of carbonyl (C=O) groups excluding carboxylic acids is 1. The zero-order chi connectivity index (χ0) is 14.9. The molecule has 1 amide bonds. The van der Waals surface area contributed by atoms with Crippen molar-refractivity contribution >= 4 is 28.8 Å². The summed E-state index contributed by atoms with van der Waals surface area (Å²) in [6, 6.07) is 0. The van der Waals surface area contributed by atoms with Crippen molar-refractivity contribution in [1.29, 1.82) is 0 Å². The van der Waals surface area contributed by atoms with Crippen molar-refractivity contribution in [3.8, 4) is 0 Å². The van der Waals surface area contributed by atoms with Gasteiger partial charge in [-0.15, -0.1) is 11.3 Å². The summed E-state index contributed by atoms with van der Waals surface area (Å²) in [7, 11) is 0. The largest absolute Gasteiger partial charge is 0.389 e. The Morgan fingerprint density at radius 2 is 2.00 bits per heavy atom. The van der Waals surface area contributed by atoms with E-state index in [4.69, 9.17) is 11.6 Å². The SMILES string of the molecule is Cc1csc(C(=O)N2CCN(CC(C)(C)O)CC2)c1Cl. The van der Waals surface area contributed by atoms with Crippen molar-refractivity contribution in [3.63, 3.8) is 0 Å². The van der Waals surface area contributed by atoms with E-state index in [1.54, 1.807) is 13.8 Å². The molecule has 0 aromatic carbocycles. The number of hydrogen-bond acceptors (Lipinski definition) is 4. The van der Waals surface area contributed by atoms with E-state index in [9.17, 15) is 9.90 Å². The number of halogens is 1. The number of amides is 1. The number of hydrogen-bond donors (Lipinski definition) is 1. The van der Waals surface area contributed by atoms with Crippen LogP contribution in [0, 0.1) is 6.92 Å². The maximum absolute atomic E-state index is 12.4. The van der Waals surface area contributed by atoms with Gasteiger partial charge < -0.3 is 10.0 Å². The lowest BCUT2D eigenvalue weighted by Crippen LogP contribution is -2.51. The predicted molar refractivity (Wildman–Crippen MR) is 82.7 cm³/mol. The molecule has 112 valence electrons. The van der Waals surface area contributed by atoms with Crippen LogP contribution in [0.2, 0.25) is 5.02 Å². The zero-order valence-electron chi connectivity index (χ0n) is 12.1. The summed E-state index contributed by atoms with van der Waals surface area (Å²) >= 11 is 7.57. The second kappa shape index (κ2) is 6.02. The molecule has 1 N–H and O–H groups in total. The van der Waals surface area contributed by atoms with Gasteiger partial charge in [-0.3, -0.25) is 9.69 Å². The molecule has 1 aromatic rings. The van der Waals surface area contributed by atoms with Gasteiger partial charge in [-0.25, -0.2) is 0 Å². The minimum atomic E-state index is -0.694. The first-order valence-electron chi connectivity index (χ1n) is 6.75. The smallest absolute Gasteiger partial charge is 0.265 e. The molecular formula is C14H21ClN2O2S. The fourth-order valence-electron chi connectivity index (χ4n) is 2.37. The van der Waals surface area contributed by atoms with Crippen molar-refractivity contribution in [3.05, 3.63) is 20.8 Å². The lowest BCUT2D eigenvalue weighted by Gasteiger charge is -2.37. The molecule has 0 radical (unpaired) electrons. The maximum atomic E-state index is 12.4. The molecule has 4 nitrogen and oxygen atoms in total. The third-order valence-electron chi connectivity index (χ3n) is 3.36. The summed E-state index contributed by atoms with van der Waals surface area (Å²) in [5.74, 6) is 0.0241. The van der Waals surface area contributed by atoms with Crippen molar-refractivity contribution < 1.29 is 9.90 Å². The summed E-state index contributed by atoms with van der Waals surface area (Å²) in [4.78, 5) is 17.1. The predicted octanol–water partition coefficient (Wildman–Crippen LogP) is 2.24. The number of aliphatic hydroxyl groups is 1. The molecule has 1 saturated heterocycles. The van der Waals surface area contributed by atoms with Gasteiger partial charge in [0.1, 0.15) is 4.88 Å². The number of piperazine rings is 1. The second-order valence-electron chi connectivity index (χ2n) is 5.94. The van der Waals surface area contributed by atoms with Crippen LogP contribution in [-0.4, -0.2) is 59.1 Å². The lowest BCUT2D eigenvalue weighted by atomic mass is 10.1. The molecule has 0 saturated carbocycles. The monoisotopic (exact) mass is 316 g/mol. The highest BCUT2D eigenvalue weighted by Crippen LogP contribution is 2.28. The maximum Gasteiger partial charge on any atom is 0.265 e. The standard InChI is InChI=1S/C14H21ClN2O2S/c1-10-8-20-12(11(10)15)13(18)17-6-4-16(5-7-17)9-14(2,3)19/h8,19H,4-7,9H2,1-3H3. The molecule has 0 bridgehead atoms. The van der Waals surface area contributed by atoms with Crippen LogP contribution in [0.3, 0.4) is 0 Å². The fourth-order valence-corrected chi connectivity index (χ4v) is 3.61. The van der Waals surface area contributed by atoms with E-state index >= 15 is 0 Å². The van der Waals surface area contributed by atoms with Crippen molar-refractivity contribution in [1.82, 2.24) is 9.80 Å². The van der Waals surface area contributed by atoms with Crippen LogP contribution in [0.4, 0.5) is 0 Å². The molecule has 0 unspecified atom stereocenters. The summed E-state index contributed by atoms with van der Waals surface area (Å²) in [6.45, 7) is 9.10. The third-order valence-corrected chi connectivity index (χ3v) is 5.05. The van der Waals surface area contributed by atoms with Crippen molar-refractivity contribution in [2.75, 3.05) is 32.7 Å². The van der Waals surface area contributed by atoms with Gasteiger partial charge in [0, 0.05) is 32.7 Å². The van der Waals surface area contributed by atoms with Crippen LogP contribution in [0.25, 0.3) is 0 Å². The van der Waals surface area contributed by atoms with Gasteiger partial charge in [0.25, 0.3) is 5.91 Å². The Bertz CT molecular complexity index is 488. The van der Waals surface area contributed by atoms with Gasteiger partial charge >= 0.3 is 0 Å². The molecule has 6 heteroatoms. The molecule has 1 aliphatic heterocycles. The van der Waals surface area contributed by atoms with E-state index < -0.39 is 5.60 Å². The van der Waals surface area contributed by atoms with E-state index in [-0.39, 0.29) is 5.91 Å². The first-order chi connectivity index (χ1) is 9.28. The van der Waals surface area contributed by atoms with E-state index in [0.717, 1.165) is 18.7 Å². The summed E-state index contributed by atoms with van der Waals surface area (Å²) in [5, 5.41) is 12.3. The number of β-amino-alcohol motifs (C(OH)–C–C–N with tert-alkyl or cyclic N) is 1. The highest BCUT2D eigenvalue weighted by Gasteiger charge is 2.27. The van der Waals surface area contributed by atoms with Gasteiger partial charge in [0.05, 0.1) is 10.6 Å². The number of nitrogens with zero attached hydrogens (tertiary/aromatic N) is 2. The van der Waals surface area contributed by atoms with Gasteiger partial charge in [-0.1, -0.05) is 11.6 Å². The first kappa shape index (κ1) is 15.8. The van der Waals surface area contributed by atoms with Crippen molar-refractivity contribution in [2.45, 2.75) is 26.4 Å². The molecule has 1 aliphatic rings. The molecule has 1 aromatic heterocycles. The van der Waals surface area contributed by atoms with Crippen LogP contribution in [0.5, 0.6) is 0 Å². The minimum absolute atomic E-state index is 0.0241. The Morgan fingerprint density at radius 1 is 1.40 bits per heavy atom. The Labute approximate surface area is 128 Å². The Kier molecular flexibility index (Phi) is 4.74. The van der Waals surface area contributed by atoms with E-state index in [1.807, 2.05) is 17.2 Å². The molecule has 1 fully saturated rings. The summed E-state index contributed by atoms with van der Waals surface area (Å²) in [5.41, 5.74) is 0.265. The van der Waals surface area contributed by atoms with Gasteiger partial charge in [0.15, 0.2) is 0 Å². The van der Waals surface area contributed by atoms with Crippen LogP contribution >= 0.6 is 22.9 Å². The number of rotatable bonds is 3. The van der Waals surface area contributed by atoms with E-state index in [1.165, 1.54) is 11.3 Å².